The molecule has 2 aliphatic rings. The second-order valence-corrected chi connectivity index (χ2v) is 10.9. The van der Waals surface area contributed by atoms with Crippen molar-refractivity contribution in [3.05, 3.63) is 91.0 Å². The van der Waals surface area contributed by atoms with E-state index in [-0.39, 0.29) is 23.1 Å². The summed E-state index contributed by atoms with van der Waals surface area (Å²) in [6.07, 6.45) is 0. The molecule has 0 saturated heterocycles. The van der Waals surface area contributed by atoms with Crippen molar-refractivity contribution in [2.45, 2.75) is 0 Å². The molecule has 8 bridgehead atoms. The van der Waals surface area contributed by atoms with E-state index < -0.39 is 11.0 Å². The fraction of sp³-hybridized carbons (Fsp3) is 0. The number of hydrogen-bond donors (Lipinski definition) is 3. The maximum atomic E-state index is 11.7. The van der Waals surface area contributed by atoms with Crippen LogP contribution in [-0.4, -0.2) is 65.7 Å². The molecule has 0 unspecified atom stereocenters. The highest BCUT2D eigenvalue weighted by molar-refractivity contribution is 7.67. The number of hydrogen-bond acceptors (Lipinski definition) is 9. The molecule has 11 nitrogen and oxygen atoms in total. The first-order valence-corrected chi connectivity index (χ1v) is 14.8. The molecule has 45 heavy (non-hydrogen) atoms. The molecule has 216 valence electrons. The topological polar surface area (TPSA) is 152 Å². The lowest BCUT2D eigenvalue weighted by Crippen LogP contribution is -1.90. The third-order valence-electron chi connectivity index (χ3n) is 7.71. The molecular formula is C32H21AlN8O3S. The molecule has 4 aromatic carbocycles. The van der Waals surface area contributed by atoms with E-state index in [4.69, 9.17) is 34.1 Å². The average molecular weight is 625 g/mol. The highest BCUT2D eigenvalue weighted by Gasteiger charge is 2.22. The van der Waals surface area contributed by atoms with Crippen molar-refractivity contribution in [2.75, 3.05) is 0 Å². The number of benzene rings is 4. The molecule has 7 aromatic rings. The lowest BCUT2D eigenvalue weighted by Gasteiger charge is -2.00. The van der Waals surface area contributed by atoms with Crippen LogP contribution >= 0.6 is 0 Å². The van der Waals surface area contributed by atoms with Crippen LogP contribution in [0.4, 0.5) is 0 Å². The minimum atomic E-state index is -3.18. The molecule has 0 radical (unpaired) electrons. The summed E-state index contributed by atoms with van der Waals surface area (Å²) in [5, 5.41) is 2.83. The third kappa shape index (κ3) is 4.28. The molecule has 9 rings (SSSR count). The zero-order chi connectivity index (χ0) is 29.4. The van der Waals surface area contributed by atoms with Crippen molar-refractivity contribution < 1.29 is 12.6 Å². The Hall–Kier alpha value is -5.48. The van der Waals surface area contributed by atoms with Gasteiger partial charge in [-0.1, -0.05) is 84.9 Å². The smallest absolute Gasteiger partial charge is 0.299 e. The molecule has 13 heteroatoms. The number of nitrogens with one attached hydrogen (secondary N) is 2. The van der Waals surface area contributed by atoms with E-state index in [0.717, 1.165) is 33.0 Å². The molecular weight excluding hydrogens is 603 g/mol. The van der Waals surface area contributed by atoms with Gasteiger partial charge in [-0.15, -0.1) is 0 Å². The number of thiol groups is 1. The first-order valence-electron chi connectivity index (χ1n) is 13.7. The van der Waals surface area contributed by atoms with Gasteiger partial charge in [0.1, 0.15) is 22.6 Å². The van der Waals surface area contributed by atoms with Gasteiger partial charge in [-0.2, -0.15) is 8.42 Å². The normalized spacial score (nSPS) is 11.8. The number of aromatic nitrogens is 8. The predicted molar refractivity (Wildman–Crippen MR) is 177 cm³/mol. The molecule has 2 aliphatic heterocycles. The zero-order valence-electron chi connectivity index (χ0n) is 22.5. The van der Waals surface area contributed by atoms with Crippen LogP contribution < -0.4 is 4.18 Å². The fourth-order valence-corrected chi connectivity index (χ4v) is 6.13. The summed E-state index contributed by atoms with van der Waals surface area (Å²) in [5.41, 5.74) is 5.20. The van der Waals surface area contributed by atoms with E-state index in [9.17, 15) is 8.42 Å². The van der Waals surface area contributed by atoms with Crippen LogP contribution in [0, 0.1) is 0 Å². The number of nitrogens with zero attached hydrogens (tertiary/aromatic N) is 6. The Morgan fingerprint density at radius 3 is 1.36 bits per heavy atom. The lowest BCUT2D eigenvalue weighted by atomic mass is 10.1. The summed E-state index contributed by atoms with van der Waals surface area (Å²) in [5.74, 6) is 1.95. The second-order valence-electron chi connectivity index (χ2n) is 10.2. The molecule has 0 saturated carbocycles. The van der Waals surface area contributed by atoms with Crippen molar-refractivity contribution in [3.63, 3.8) is 0 Å². The third-order valence-corrected chi connectivity index (χ3v) is 8.06. The van der Waals surface area contributed by atoms with E-state index in [1.54, 1.807) is 12.1 Å². The van der Waals surface area contributed by atoms with Gasteiger partial charge in [0.2, 0.25) is 0 Å². The number of fused-ring (bicyclic) bond motifs is 20. The Morgan fingerprint density at radius 2 is 0.867 bits per heavy atom. The maximum Gasteiger partial charge on any atom is 0.299 e. The van der Waals surface area contributed by atoms with Crippen molar-refractivity contribution in [1.29, 1.82) is 0 Å². The second kappa shape index (κ2) is 10.3. The van der Waals surface area contributed by atoms with Gasteiger partial charge in [0.25, 0.3) is 11.0 Å². The summed E-state index contributed by atoms with van der Waals surface area (Å²) in [4.78, 5) is 36.1. The van der Waals surface area contributed by atoms with Crippen LogP contribution in [0.3, 0.4) is 0 Å². The number of rotatable bonds is 2. The van der Waals surface area contributed by atoms with Crippen LogP contribution in [0.1, 0.15) is 0 Å². The summed E-state index contributed by atoms with van der Waals surface area (Å²) in [6.45, 7) is 0. The Morgan fingerprint density at radius 1 is 0.467 bits per heavy atom. The molecule has 0 aliphatic carbocycles. The van der Waals surface area contributed by atoms with E-state index in [1.165, 1.54) is 0 Å². The fourth-order valence-electron chi connectivity index (χ4n) is 5.81. The minimum Gasteiger partial charge on any atom is -0.383 e. The average Bonchev–Trinajstić information content (AvgIpc) is 3.77. The summed E-state index contributed by atoms with van der Waals surface area (Å²) >= 11 is 0. The molecule has 2 N–H and O–H groups in total. The standard InChI is InChI=1S/C32H18N8O3S.Al.3H/c41-44(42)43-23-15-7-14-22-24(23)32-39-30-21-13-6-5-12-20(21)28(37-30)35-26-17-9-2-1-8-16(17)25(33-26)34-27-18-10-3-4-11-19(18)29(36-27)38-31(22)40-32;;;;/h1-15,44H,(H2,33,34,35,36,37,38,39,40);;;;. The monoisotopic (exact) mass is 624 g/mol. The first-order chi connectivity index (χ1) is 21.6. The van der Waals surface area contributed by atoms with E-state index in [1.807, 2.05) is 78.9 Å². The Labute approximate surface area is 266 Å². The van der Waals surface area contributed by atoms with Crippen LogP contribution in [0.15, 0.2) is 91.0 Å². The minimum absolute atomic E-state index is 0. The summed E-state index contributed by atoms with van der Waals surface area (Å²) < 4.78 is 28.5. The molecule has 3 aromatic heterocycles. The van der Waals surface area contributed by atoms with Crippen molar-refractivity contribution in [2.24, 2.45) is 0 Å². The molecule has 5 heterocycles. The number of aromatic amines is 2. The lowest BCUT2D eigenvalue weighted by molar-refractivity contribution is 0.513. The van der Waals surface area contributed by atoms with E-state index >= 15 is 0 Å². The van der Waals surface area contributed by atoms with Crippen LogP contribution in [0.5, 0.6) is 5.75 Å². The maximum absolute atomic E-state index is 11.7. The van der Waals surface area contributed by atoms with Gasteiger partial charge in [-0.3, -0.25) is 0 Å². The molecule has 0 spiro atoms. The van der Waals surface area contributed by atoms with Crippen molar-refractivity contribution >= 4 is 72.5 Å². The highest BCUT2D eigenvalue weighted by Crippen LogP contribution is 2.38. The van der Waals surface area contributed by atoms with Gasteiger partial charge < -0.3 is 14.2 Å². The zero-order valence-corrected chi connectivity index (χ0v) is 23.4. The molecule has 0 amide bonds. The highest BCUT2D eigenvalue weighted by atomic mass is 32.2. The van der Waals surface area contributed by atoms with Gasteiger partial charge in [0, 0.05) is 38.4 Å². The Bertz CT molecular complexity index is 2600. The van der Waals surface area contributed by atoms with Gasteiger partial charge in [-0.25, -0.2) is 29.9 Å². The Balaban J connectivity index is 0.00000300. The summed E-state index contributed by atoms with van der Waals surface area (Å²) in [7, 11) is -3.18. The predicted octanol–water partition coefficient (Wildman–Crippen LogP) is 4.59. The summed E-state index contributed by atoms with van der Waals surface area (Å²) in [6, 6.07) is 28.4. The van der Waals surface area contributed by atoms with Crippen LogP contribution in [-0.2, 0) is 11.0 Å². The van der Waals surface area contributed by atoms with E-state index in [2.05, 4.69) is 9.97 Å². The quantitative estimate of drug-likeness (QED) is 0.185. The molecule has 0 atom stereocenters. The SMILES string of the molecule is O=[SH](=O)Oc1cccc2c3nc4nc(nc5[nH]c(nc6nc(nc([nH]3)c12)-c1ccccc1-6)c1ccccc51)-c1ccccc1-4.[AlH3]. The Kier molecular flexibility index (Phi) is 6.21. The van der Waals surface area contributed by atoms with Gasteiger partial charge >= 0.3 is 0 Å². The molecule has 0 fully saturated rings. The van der Waals surface area contributed by atoms with Crippen LogP contribution in [0.25, 0.3) is 89.7 Å². The van der Waals surface area contributed by atoms with Gasteiger partial charge in [-0.05, 0) is 6.07 Å². The van der Waals surface area contributed by atoms with E-state index in [0.29, 0.717) is 56.7 Å². The number of H-pyrrole nitrogens is 2. The van der Waals surface area contributed by atoms with Crippen molar-refractivity contribution in [1.82, 2.24) is 39.9 Å². The first kappa shape index (κ1) is 27.1. The van der Waals surface area contributed by atoms with Gasteiger partial charge in [0.15, 0.2) is 46.4 Å². The van der Waals surface area contributed by atoms with Crippen molar-refractivity contribution in [3.8, 4) is 51.3 Å². The van der Waals surface area contributed by atoms with Crippen LogP contribution in [0.2, 0.25) is 0 Å². The van der Waals surface area contributed by atoms with Gasteiger partial charge in [0.05, 0.1) is 5.39 Å². The largest absolute Gasteiger partial charge is 0.383 e.